The van der Waals surface area contributed by atoms with Gasteiger partial charge in [-0.15, -0.1) is 0 Å². The van der Waals surface area contributed by atoms with Gasteiger partial charge >= 0.3 is 5.97 Å². The van der Waals surface area contributed by atoms with E-state index in [1.807, 2.05) is 78.9 Å². The molecule has 0 bridgehead atoms. The number of rotatable bonds is 11. The summed E-state index contributed by atoms with van der Waals surface area (Å²) in [6.07, 6.45) is 2.35. The molecule has 5 aromatic carbocycles. The molecule has 1 saturated carbocycles. The first-order valence-corrected chi connectivity index (χ1v) is 19.9. The van der Waals surface area contributed by atoms with Crippen LogP contribution in [0.25, 0.3) is 11.1 Å². The van der Waals surface area contributed by atoms with Crippen LogP contribution < -0.4 is 19.5 Å². The predicted octanol–water partition coefficient (Wildman–Crippen LogP) is 8.49. The maximum absolute atomic E-state index is 14.0. The maximum atomic E-state index is 14.0. The van der Waals surface area contributed by atoms with Gasteiger partial charge in [-0.25, -0.2) is 4.79 Å². The fourth-order valence-electron chi connectivity index (χ4n) is 7.52. The van der Waals surface area contributed by atoms with Gasteiger partial charge in [-0.1, -0.05) is 84.2 Å². The summed E-state index contributed by atoms with van der Waals surface area (Å²) in [6, 6.07) is 31.4. The molecular formula is C46H39Cl2N3O7. The van der Waals surface area contributed by atoms with E-state index >= 15 is 0 Å². The molecular weight excluding hydrogens is 777 g/mol. The lowest BCUT2D eigenvalue weighted by Crippen LogP contribution is -2.57. The molecule has 294 valence electrons. The number of carboxylic acids is 1. The molecule has 8 rings (SSSR count). The van der Waals surface area contributed by atoms with Gasteiger partial charge in [0, 0.05) is 25.3 Å². The van der Waals surface area contributed by atoms with Crippen molar-refractivity contribution in [1.29, 1.82) is 5.26 Å². The molecule has 2 amide bonds. The number of hydrogen-bond acceptors (Lipinski definition) is 7. The fraction of sp³-hybridized carbons (Fsp3) is 0.261. The van der Waals surface area contributed by atoms with Gasteiger partial charge in [0.2, 0.25) is 11.8 Å². The maximum Gasteiger partial charge on any atom is 0.326 e. The Kier molecular flexibility index (Phi) is 11.3. The Balaban J connectivity index is 0.947. The minimum Gasteiger partial charge on any atom is -0.489 e. The molecule has 3 aliphatic rings. The van der Waals surface area contributed by atoms with E-state index in [2.05, 4.69) is 11.4 Å². The van der Waals surface area contributed by atoms with Crippen molar-refractivity contribution < 1.29 is 33.7 Å². The number of ether oxygens (including phenoxy) is 3. The van der Waals surface area contributed by atoms with Gasteiger partial charge in [-0.2, -0.15) is 5.26 Å². The number of benzene rings is 5. The average Bonchev–Trinajstić information content (AvgIpc) is 3.22. The number of hydrogen-bond donors (Lipinski definition) is 2. The standard InChI is InChI=1S/C46H39Cl2N3O7/c47-37-17-8-29(18-38(37)48)25-56-36-15-13-32(14-16-36)43-26-57-41-21-34-20-40(51(45(53)33-2-1-3-33)24-35(34)22-42(41)58-43)44(52)50-39(46(54)55)19-27-4-9-30(10-5-27)31-11-6-28(23-49)7-12-31/h4-18,21-22,33,39-40,43H,1-3,19-20,24-26H2,(H,50,52)(H,54,55)/t39-,40?,43+/m0/s1. The zero-order valence-corrected chi connectivity index (χ0v) is 32.8. The number of carbonyl (C=O) groups is 3. The normalized spacial score (nSPS) is 17.6. The van der Waals surface area contributed by atoms with Gasteiger partial charge in [0.05, 0.1) is 21.7 Å². The molecule has 1 unspecified atom stereocenters. The highest BCUT2D eigenvalue weighted by atomic mass is 35.5. The first kappa shape index (κ1) is 38.8. The highest BCUT2D eigenvalue weighted by molar-refractivity contribution is 6.42. The van der Waals surface area contributed by atoms with E-state index in [4.69, 9.17) is 42.7 Å². The number of nitrogens with one attached hydrogen (secondary N) is 1. The fourth-order valence-corrected chi connectivity index (χ4v) is 7.84. The molecule has 1 aliphatic carbocycles. The summed E-state index contributed by atoms with van der Waals surface area (Å²) in [5.74, 6) is -0.181. The van der Waals surface area contributed by atoms with Crippen molar-refractivity contribution in [2.24, 2.45) is 5.92 Å². The van der Waals surface area contributed by atoms with E-state index < -0.39 is 24.0 Å². The lowest BCUT2D eigenvalue weighted by molar-refractivity contribution is -0.148. The van der Waals surface area contributed by atoms with Crippen LogP contribution in [0.3, 0.4) is 0 Å². The van der Waals surface area contributed by atoms with E-state index in [0.29, 0.717) is 39.5 Å². The van der Waals surface area contributed by atoms with Crippen LogP contribution in [0, 0.1) is 17.2 Å². The van der Waals surface area contributed by atoms with Gasteiger partial charge in [0.15, 0.2) is 17.6 Å². The van der Waals surface area contributed by atoms with Gasteiger partial charge in [-0.3, -0.25) is 9.59 Å². The van der Waals surface area contributed by atoms with Crippen LogP contribution in [0.4, 0.5) is 0 Å². The van der Waals surface area contributed by atoms with Crippen LogP contribution in [-0.4, -0.2) is 46.5 Å². The summed E-state index contributed by atoms with van der Waals surface area (Å²) >= 11 is 12.2. The van der Waals surface area contributed by atoms with Crippen molar-refractivity contribution in [3.05, 3.63) is 147 Å². The quantitative estimate of drug-likeness (QED) is 0.135. The summed E-state index contributed by atoms with van der Waals surface area (Å²) in [5, 5.41) is 23.0. The van der Waals surface area contributed by atoms with Crippen molar-refractivity contribution in [2.45, 2.75) is 63.4 Å². The zero-order chi connectivity index (χ0) is 40.3. The Morgan fingerprint density at radius 3 is 2.21 bits per heavy atom. The van der Waals surface area contributed by atoms with Gasteiger partial charge in [0.1, 0.15) is 31.0 Å². The van der Waals surface area contributed by atoms with Crippen LogP contribution in [0.2, 0.25) is 10.0 Å². The molecule has 0 saturated heterocycles. The Labute approximate surface area is 345 Å². The van der Waals surface area contributed by atoms with Gasteiger partial charge in [0.25, 0.3) is 0 Å². The number of halogens is 2. The Bertz CT molecular complexity index is 2390. The number of nitrogens with zero attached hydrogens (tertiary/aromatic N) is 2. The second-order valence-corrected chi connectivity index (χ2v) is 15.7. The van der Waals surface area contributed by atoms with Crippen LogP contribution in [0.15, 0.2) is 103 Å². The lowest BCUT2D eigenvalue weighted by Gasteiger charge is -2.40. The molecule has 2 N–H and O–H groups in total. The van der Waals surface area contributed by atoms with Gasteiger partial charge in [-0.05, 0) is 100 Å². The Morgan fingerprint density at radius 1 is 0.862 bits per heavy atom. The zero-order valence-electron chi connectivity index (χ0n) is 31.3. The number of fused-ring (bicyclic) bond motifs is 2. The smallest absolute Gasteiger partial charge is 0.326 e. The topological polar surface area (TPSA) is 138 Å². The molecule has 0 radical (unpaired) electrons. The number of nitriles is 1. The number of aliphatic carboxylic acids is 1. The lowest BCUT2D eigenvalue weighted by atomic mass is 9.82. The average molecular weight is 817 g/mol. The Hall–Kier alpha value is -6.02. The molecule has 0 spiro atoms. The molecule has 2 aliphatic heterocycles. The molecule has 10 nitrogen and oxygen atoms in total. The third-order valence-electron chi connectivity index (χ3n) is 11.1. The second kappa shape index (κ2) is 16.8. The second-order valence-electron chi connectivity index (χ2n) is 14.9. The summed E-state index contributed by atoms with van der Waals surface area (Å²) in [6.45, 7) is 0.779. The molecule has 58 heavy (non-hydrogen) atoms. The molecule has 0 aromatic heterocycles. The first-order valence-electron chi connectivity index (χ1n) is 19.2. The number of amides is 2. The summed E-state index contributed by atoms with van der Waals surface area (Å²) in [7, 11) is 0. The van der Waals surface area contributed by atoms with Crippen LogP contribution in [-0.2, 0) is 40.4 Å². The van der Waals surface area contributed by atoms with Crippen LogP contribution in [0.5, 0.6) is 17.2 Å². The van der Waals surface area contributed by atoms with Crippen molar-refractivity contribution in [3.8, 4) is 34.4 Å². The van der Waals surface area contributed by atoms with E-state index in [1.54, 1.807) is 29.2 Å². The third kappa shape index (κ3) is 8.47. The van der Waals surface area contributed by atoms with E-state index in [9.17, 15) is 19.5 Å². The molecule has 5 aromatic rings. The van der Waals surface area contributed by atoms with Crippen molar-refractivity contribution in [1.82, 2.24) is 10.2 Å². The monoisotopic (exact) mass is 815 g/mol. The number of carboxylic acid groups (broad SMARTS) is 1. The summed E-state index contributed by atoms with van der Waals surface area (Å²) in [5.41, 5.74) is 6.62. The van der Waals surface area contributed by atoms with E-state index in [0.717, 1.165) is 58.2 Å². The van der Waals surface area contributed by atoms with Gasteiger partial charge < -0.3 is 29.5 Å². The molecule has 2 heterocycles. The molecule has 1 fully saturated rings. The SMILES string of the molecule is N#Cc1ccc(-c2ccc(C[C@H](NC(=O)C3Cc4cc5c(cc4CN3C(=O)C3CCC3)O[C@@H](c3ccc(OCc4ccc(Cl)c(Cl)c4)cc3)CO5)C(=O)O)cc2)cc1. The number of carbonyl (C=O) groups excluding carboxylic acids is 2. The summed E-state index contributed by atoms with van der Waals surface area (Å²) < 4.78 is 18.6. The first-order chi connectivity index (χ1) is 28.1. The Morgan fingerprint density at radius 2 is 1.55 bits per heavy atom. The minimum atomic E-state index is -1.21. The third-order valence-corrected chi connectivity index (χ3v) is 11.8. The van der Waals surface area contributed by atoms with Crippen molar-refractivity contribution in [3.63, 3.8) is 0 Å². The van der Waals surface area contributed by atoms with E-state index in [1.165, 1.54) is 0 Å². The molecule has 12 heteroatoms. The van der Waals surface area contributed by atoms with Crippen molar-refractivity contribution in [2.75, 3.05) is 6.61 Å². The van der Waals surface area contributed by atoms with E-state index in [-0.39, 0.29) is 43.9 Å². The predicted molar refractivity (Wildman–Crippen MR) is 218 cm³/mol. The highest BCUT2D eigenvalue weighted by Crippen LogP contribution is 2.42. The van der Waals surface area contributed by atoms with Crippen molar-refractivity contribution >= 4 is 41.0 Å². The summed E-state index contributed by atoms with van der Waals surface area (Å²) in [4.78, 5) is 42.0. The highest BCUT2D eigenvalue weighted by Gasteiger charge is 2.41. The van der Waals surface area contributed by atoms with Crippen LogP contribution >= 0.6 is 23.2 Å². The minimum absolute atomic E-state index is 0.0585. The van der Waals surface area contributed by atoms with Crippen LogP contribution in [0.1, 0.15) is 58.7 Å². The molecule has 3 atom stereocenters. The largest absolute Gasteiger partial charge is 0.489 e.